The molecule has 7 heteroatoms. The van der Waals surface area contributed by atoms with Crippen molar-refractivity contribution in [2.24, 2.45) is 5.92 Å². The Morgan fingerprint density at radius 2 is 2.30 bits per heavy atom. The van der Waals surface area contributed by atoms with Crippen molar-refractivity contribution in [3.05, 3.63) is 5.82 Å². The molecule has 1 saturated heterocycles. The van der Waals surface area contributed by atoms with Gasteiger partial charge in [-0.1, -0.05) is 0 Å². The number of nitrogens with one attached hydrogen (secondary N) is 1. The molecule has 1 unspecified atom stereocenters. The molecule has 1 aromatic heterocycles. The molecule has 0 radical (unpaired) electrons. The predicted octanol–water partition coefficient (Wildman–Crippen LogP) is 1.40. The zero-order valence-electron chi connectivity index (χ0n) is 12.3. The van der Waals surface area contributed by atoms with Crippen LogP contribution in [-0.2, 0) is 0 Å². The first-order chi connectivity index (χ1) is 9.51. The van der Waals surface area contributed by atoms with Gasteiger partial charge in [0.15, 0.2) is 0 Å². The van der Waals surface area contributed by atoms with E-state index in [9.17, 15) is 9.90 Å². The number of urea groups is 1. The number of aliphatic hydroxyl groups excluding tert-OH is 1. The van der Waals surface area contributed by atoms with Gasteiger partial charge >= 0.3 is 6.03 Å². The maximum atomic E-state index is 12.2. The molecule has 2 N–H and O–H groups in total. The Labute approximate surface area is 119 Å². The summed E-state index contributed by atoms with van der Waals surface area (Å²) in [6.07, 6.45) is 1.89. The molecule has 2 heterocycles. The number of aromatic nitrogens is 3. The maximum absolute atomic E-state index is 12.2. The van der Waals surface area contributed by atoms with E-state index in [1.807, 2.05) is 20.8 Å². The molecule has 0 aliphatic carbocycles. The van der Waals surface area contributed by atoms with E-state index in [2.05, 4.69) is 15.4 Å². The second-order valence-electron chi connectivity index (χ2n) is 5.59. The molecule has 1 aromatic rings. The first kappa shape index (κ1) is 14.8. The first-order valence-electron chi connectivity index (χ1n) is 7.11. The number of anilines is 1. The van der Waals surface area contributed by atoms with Crippen molar-refractivity contribution >= 4 is 12.0 Å². The number of aryl methyl sites for hydroxylation is 1. The Hall–Kier alpha value is -1.63. The van der Waals surface area contributed by atoms with Crippen LogP contribution in [0.25, 0.3) is 0 Å². The van der Waals surface area contributed by atoms with Crippen LogP contribution < -0.4 is 5.32 Å². The Kier molecular flexibility index (Phi) is 4.59. The summed E-state index contributed by atoms with van der Waals surface area (Å²) >= 11 is 0. The van der Waals surface area contributed by atoms with E-state index in [1.165, 1.54) is 0 Å². The van der Waals surface area contributed by atoms with Crippen LogP contribution >= 0.6 is 0 Å². The van der Waals surface area contributed by atoms with Gasteiger partial charge in [0, 0.05) is 25.7 Å². The second-order valence-corrected chi connectivity index (χ2v) is 5.59. The van der Waals surface area contributed by atoms with E-state index < -0.39 is 0 Å². The zero-order chi connectivity index (χ0) is 14.7. The molecule has 20 heavy (non-hydrogen) atoms. The van der Waals surface area contributed by atoms with Crippen LogP contribution in [0.2, 0.25) is 0 Å². The molecule has 0 aromatic carbocycles. The summed E-state index contributed by atoms with van der Waals surface area (Å²) in [5, 5.41) is 16.2. The number of hydrogen-bond donors (Lipinski definition) is 2. The van der Waals surface area contributed by atoms with Crippen molar-refractivity contribution < 1.29 is 9.90 Å². The van der Waals surface area contributed by atoms with Gasteiger partial charge in [-0.15, -0.1) is 5.10 Å². The zero-order valence-corrected chi connectivity index (χ0v) is 12.3. The van der Waals surface area contributed by atoms with Crippen LogP contribution in [0.4, 0.5) is 10.7 Å². The number of amides is 2. The summed E-state index contributed by atoms with van der Waals surface area (Å²) in [6, 6.07) is 0.0194. The van der Waals surface area contributed by atoms with Crippen LogP contribution in [0, 0.1) is 12.8 Å². The minimum absolute atomic E-state index is 0.128. The number of aliphatic hydroxyl groups is 1. The van der Waals surface area contributed by atoms with Crippen LogP contribution in [0.3, 0.4) is 0 Å². The Morgan fingerprint density at radius 1 is 1.55 bits per heavy atom. The van der Waals surface area contributed by atoms with Gasteiger partial charge in [-0.25, -0.2) is 9.48 Å². The van der Waals surface area contributed by atoms with Gasteiger partial charge in [0.2, 0.25) is 5.95 Å². The molecule has 0 spiro atoms. The average molecular weight is 281 g/mol. The van der Waals surface area contributed by atoms with E-state index >= 15 is 0 Å². The Morgan fingerprint density at radius 3 is 2.90 bits per heavy atom. The SMILES string of the molecule is Cc1nc(NC(=O)N2CCCC(CO)C2)nn1C(C)C. The standard InChI is InChI=1S/C13H23N5O2/c1-9(2)18-10(3)14-12(16-18)15-13(20)17-6-4-5-11(7-17)8-19/h9,11,19H,4-8H2,1-3H3,(H,15,16,20). The van der Waals surface area contributed by atoms with Crippen molar-refractivity contribution in [3.63, 3.8) is 0 Å². The van der Waals surface area contributed by atoms with Gasteiger partial charge in [-0.05, 0) is 39.5 Å². The van der Waals surface area contributed by atoms with Crippen LogP contribution in [0.15, 0.2) is 0 Å². The van der Waals surface area contributed by atoms with Crippen molar-refractivity contribution in [2.45, 2.75) is 39.7 Å². The smallest absolute Gasteiger partial charge is 0.324 e. The Balaban J connectivity index is 1.99. The van der Waals surface area contributed by atoms with E-state index in [1.54, 1.807) is 9.58 Å². The molecule has 7 nitrogen and oxygen atoms in total. The highest BCUT2D eigenvalue weighted by Crippen LogP contribution is 2.17. The number of nitrogens with zero attached hydrogens (tertiary/aromatic N) is 4. The lowest BCUT2D eigenvalue weighted by Crippen LogP contribution is -2.43. The van der Waals surface area contributed by atoms with E-state index in [4.69, 9.17) is 0 Å². The largest absolute Gasteiger partial charge is 0.396 e. The van der Waals surface area contributed by atoms with Gasteiger partial charge < -0.3 is 10.0 Å². The van der Waals surface area contributed by atoms with Crippen molar-refractivity contribution in [2.75, 3.05) is 25.0 Å². The molecule has 2 rings (SSSR count). The molecule has 1 aliphatic rings. The van der Waals surface area contributed by atoms with Gasteiger partial charge in [-0.3, -0.25) is 5.32 Å². The summed E-state index contributed by atoms with van der Waals surface area (Å²) < 4.78 is 1.78. The summed E-state index contributed by atoms with van der Waals surface area (Å²) in [7, 11) is 0. The monoisotopic (exact) mass is 281 g/mol. The Bertz CT molecular complexity index is 471. The van der Waals surface area contributed by atoms with Gasteiger partial charge in [0.25, 0.3) is 0 Å². The normalized spacial score (nSPS) is 19.4. The number of rotatable bonds is 3. The molecule has 0 bridgehead atoms. The fraction of sp³-hybridized carbons (Fsp3) is 0.769. The lowest BCUT2D eigenvalue weighted by Gasteiger charge is -2.31. The fourth-order valence-corrected chi connectivity index (χ4v) is 2.52. The highest BCUT2D eigenvalue weighted by atomic mass is 16.3. The summed E-state index contributed by atoms with van der Waals surface area (Å²) in [5.41, 5.74) is 0. The molecule has 2 amide bonds. The lowest BCUT2D eigenvalue weighted by molar-refractivity contribution is 0.136. The number of piperidine rings is 1. The number of hydrogen-bond acceptors (Lipinski definition) is 4. The molecule has 112 valence electrons. The van der Waals surface area contributed by atoms with Gasteiger partial charge in [-0.2, -0.15) is 4.98 Å². The quantitative estimate of drug-likeness (QED) is 0.877. The molecular formula is C13H23N5O2. The summed E-state index contributed by atoms with van der Waals surface area (Å²) in [5.74, 6) is 1.30. The van der Waals surface area contributed by atoms with Crippen LogP contribution in [0.1, 0.15) is 38.6 Å². The van der Waals surface area contributed by atoms with Crippen molar-refractivity contribution in [1.29, 1.82) is 0 Å². The number of carbonyl (C=O) groups is 1. The fourth-order valence-electron chi connectivity index (χ4n) is 2.52. The van der Waals surface area contributed by atoms with E-state index in [-0.39, 0.29) is 24.6 Å². The molecule has 0 saturated carbocycles. The van der Waals surface area contributed by atoms with Crippen molar-refractivity contribution in [1.82, 2.24) is 19.7 Å². The lowest BCUT2D eigenvalue weighted by atomic mass is 9.99. The van der Waals surface area contributed by atoms with E-state index in [0.717, 1.165) is 18.7 Å². The molecule has 1 atom stereocenters. The summed E-state index contributed by atoms with van der Waals surface area (Å²) in [6.45, 7) is 7.33. The molecular weight excluding hydrogens is 258 g/mol. The van der Waals surface area contributed by atoms with Gasteiger partial charge in [0.1, 0.15) is 5.82 Å². The highest BCUT2D eigenvalue weighted by molar-refractivity contribution is 5.87. The minimum Gasteiger partial charge on any atom is -0.396 e. The third-order valence-corrected chi connectivity index (χ3v) is 3.57. The first-order valence-corrected chi connectivity index (χ1v) is 7.11. The average Bonchev–Trinajstić information content (AvgIpc) is 2.79. The number of likely N-dealkylation sites (tertiary alicyclic amines) is 1. The second kappa shape index (κ2) is 6.21. The van der Waals surface area contributed by atoms with Crippen LogP contribution in [0.5, 0.6) is 0 Å². The highest BCUT2D eigenvalue weighted by Gasteiger charge is 2.24. The third-order valence-electron chi connectivity index (χ3n) is 3.57. The molecule has 1 fully saturated rings. The van der Waals surface area contributed by atoms with Crippen molar-refractivity contribution in [3.8, 4) is 0 Å². The van der Waals surface area contributed by atoms with Crippen LogP contribution in [-0.4, -0.2) is 50.5 Å². The molecule has 1 aliphatic heterocycles. The topological polar surface area (TPSA) is 83.3 Å². The minimum atomic E-state index is -0.191. The summed E-state index contributed by atoms with van der Waals surface area (Å²) in [4.78, 5) is 18.1. The van der Waals surface area contributed by atoms with E-state index in [0.29, 0.717) is 19.0 Å². The van der Waals surface area contributed by atoms with Gasteiger partial charge in [0.05, 0.1) is 0 Å². The number of carbonyl (C=O) groups excluding carboxylic acids is 1. The predicted molar refractivity (Wildman–Crippen MR) is 75.5 cm³/mol. The maximum Gasteiger partial charge on any atom is 0.324 e. The third kappa shape index (κ3) is 3.27.